The summed E-state index contributed by atoms with van der Waals surface area (Å²) in [5.41, 5.74) is 0.227. The van der Waals surface area contributed by atoms with E-state index >= 15 is 0 Å². The fourth-order valence-corrected chi connectivity index (χ4v) is 3.20. The van der Waals surface area contributed by atoms with Crippen molar-refractivity contribution in [3.05, 3.63) is 0 Å². The topological polar surface area (TPSA) is 3.24 Å². The summed E-state index contributed by atoms with van der Waals surface area (Å²) in [4.78, 5) is 2.54. The molecule has 0 spiro atoms. The standard InChI is InChI=1S/C16H31N/c1-15(2,3)14-11-13(12-7-8-12)9-10-17(14)16(4,5)6/h12-14H,7-11H2,1-6H3/i7D2,8D2. The highest BCUT2D eigenvalue weighted by molar-refractivity contribution is 4.97. The number of hydrogen-bond donors (Lipinski definition) is 0. The first-order chi connectivity index (χ1) is 9.20. The van der Waals surface area contributed by atoms with E-state index in [2.05, 4.69) is 46.4 Å². The van der Waals surface area contributed by atoms with Gasteiger partial charge in [-0.2, -0.15) is 0 Å². The fraction of sp³-hybridized carbons (Fsp3) is 1.00. The molecule has 2 atom stereocenters. The lowest BCUT2D eigenvalue weighted by molar-refractivity contribution is -0.0257. The molecule has 1 nitrogen and oxygen atoms in total. The van der Waals surface area contributed by atoms with Crippen LogP contribution >= 0.6 is 0 Å². The fourth-order valence-electron chi connectivity index (χ4n) is 3.20. The van der Waals surface area contributed by atoms with Gasteiger partial charge in [0.1, 0.15) is 0 Å². The van der Waals surface area contributed by atoms with Gasteiger partial charge in [-0.05, 0) is 70.2 Å². The highest BCUT2D eigenvalue weighted by Gasteiger charge is 2.44. The zero-order chi connectivity index (χ0) is 16.4. The van der Waals surface area contributed by atoms with Crippen LogP contribution in [0, 0.1) is 17.3 Å². The van der Waals surface area contributed by atoms with Gasteiger partial charge in [-0.1, -0.05) is 20.8 Å². The second kappa shape index (κ2) is 4.26. The predicted molar refractivity (Wildman–Crippen MR) is 75.2 cm³/mol. The Morgan fingerprint density at radius 2 is 1.59 bits per heavy atom. The summed E-state index contributed by atoms with van der Waals surface area (Å²) < 4.78 is 31.7. The summed E-state index contributed by atoms with van der Waals surface area (Å²) in [6.07, 6.45) is -1.45. The molecule has 1 saturated heterocycles. The van der Waals surface area contributed by atoms with Crippen molar-refractivity contribution in [2.24, 2.45) is 17.3 Å². The van der Waals surface area contributed by atoms with Gasteiger partial charge in [-0.3, -0.25) is 4.90 Å². The molecule has 2 aliphatic rings. The van der Waals surface area contributed by atoms with E-state index in [0.717, 1.165) is 19.4 Å². The molecule has 0 aromatic carbocycles. The maximum absolute atomic E-state index is 7.92. The highest BCUT2D eigenvalue weighted by Crippen LogP contribution is 2.47. The molecule has 2 unspecified atom stereocenters. The molecule has 1 saturated carbocycles. The minimum absolute atomic E-state index is 0.102. The van der Waals surface area contributed by atoms with E-state index < -0.39 is 18.7 Å². The molecule has 0 radical (unpaired) electrons. The van der Waals surface area contributed by atoms with E-state index in [9.17, 15) is 0 Å². The molecule has 0 amide bonds. The molecule has 2 rings (SSSR count). The first-order valence-electron chi connectivity index (χ1n) is 8.97. The van der Waals surface area contributed by atoms with Gasteiger partial charge in [0.05, 0.1) is 0 Å². The maximum Gasteiger partial charge on any atom is 0.0270 e. The van der Waals surface area contributed by atoms with Gasteiger partial charge in [-0.25, -0.2) is 0 Å². The molecule has 1 heterocycles. The van der Waals surface area contributed by atoms with Gasteiger partial charge in [0.15, 0.2) is 0 Å². The second-order valence-corrected chi connectivity index (χ2v) is 7.80. The molecule has 100 valence electrons. The molecule has 0 aromatic rings. The second-order valence-electron chi connectivity index (χ2n) is 7.80. The van der Waals surface area contributed by atoms with Crippen molar-refractivity contribution in [1.29, 1.82) is 0 Å². The molecule has 0 aromatic heterocycles. The maximum atomic E-state index is 7.92. The van der Waals surface area contributed by atoms with Crippen molar-refractivity contribution in [3.8, 4) is 0 Å². The molecular formula is C16H31N. The van der Waals surface area contributed by atoms with Crippen LogP contribution in [0.2, 0.25) is 0 Å². The van der Waals surface area contributed by atoms with Gasteiger partial charge in [0, 0.05) is 17.1 Å². The van der Waals surface area contributed by atoms with Gasteiger partial charge in [0.2, 0.25) is 0 Å². The summed E-state index contributed by atoms with van der Waals surface area (Å²) in [5, 5.41) is 0. The Hall–Kier alpha value is -0.0400. The smallest absolute Gasteiger partial charge is 0.0270 e. The summed E-state index contributed by atoms with van der Waals surface area (Å²) in [5.74, 6) is -0.255. The Balaban J connectivity index is 2.19. The molecule has 17 heavy (non-hydrogen) atoms. The first kappa shape index (κ1) is 8.96. The van der Waals surface area contributed by atoms with Crippen molar-refractivity contribution in [3.63, 3.8) is 0 Å². The lowest BCUT2D eigenvalue weighted by Gasteiger charge is -2.52. The van der Waals surface area contributed by atoms with E-state index in [1.807, 2.05) is 0 Å². The Morgan fingerprint density at radius 1 is 1.00 bits per heavy atom. The molecule has 1 aliphatic heterocycles. The predicted octanol–water partition coefficient (Wildman–Crippen LogP) is 4.32. The third kappa shape index (κ3) is 3.05. The molecule has 1 aliphatic carbocycles. The third-order valence-electron chi connectivity index (χ3n) is 4.29. The summed E-state index contributed by atoms with van der Waals surface area (Å²) >= 11 is 0. The van der Waals surface area contributed by atoms with E-state index in [1.54, 1.807) is 0 Å². The third-order valence-corrected chi connectivity index (χ3v) is 4.29. The van der Waals surface area contributed by atoms with Crippen LogP contribution in [0.5, 0.6) is 0 Å². The quantitative estimate of drug-likeness (QED) is 0.661. The van der Waals surface area contributed by atoms with E-state index in [1.165, 1.54) is 0 Å². The van der Waals surface area contributed by atoms with Crippen LogP contribution < -0.4 is 0 Å². The van der Waals surface area contributed by atoms with Crippen LogP contribution in [-0.4, -0.2) is 23.0 Å². The Labute approximate surface area is 114 Å². The summed E-state index contributed by atoms with van der Waals surface area (Å²) in [6, 6.07) is 0.378. The van der Waals surface area contributed by atoms with E-state index in [0.29, 0.717) is 6.04 Å². The van der Waals surface area contributed by atoms with Crippen molar-refractivity contribution in [2.75, 3.05) is 6.54 Å². The van der Waals surface area contributed by atoms with Crippen LogP contribution in [0.1, 0.15) is 72.6 Å². The van der Waals surface area contributed by atoms with E-state index in [-0.39, 0.29) is 16.9 Å². The van der Waals surface area contributed by atoms with Crippen molar-refractivity contribution in [2.45, 2.75) is 78.7 Å². The zero-order valence-corrected chi connectivity index (χ0v) is 12.3. The van der Waals surface area contributed by atoms with Crippen LogP contribution in [0.25, 0.3) is 0 Å². The monoisotopic (exact) mass is 241 g/mol. The van der Waals surface area contributed by atoms with Gasteiger partial charge in [-0.15, -0.1) is 0 Å². The Kier molecular flexibility index (Phi) is 2.24. The van der Waals surface area contributed by atoms with E-state index in [4.69, 9.17) is 5.48 Å². The SMILES string of the molecule is [2H]C1([2H])C(C2CCN(C(C)(C)C)C(C(C)(C)C)C2)C1([2H])[2H]. The van der Waals surface area contributed by atoms with Gasteiger partial charge in [0.25, 0.3) is 0 Å². The van der Waals surface area contributed by atoms with Crippen LogP contribution in [-0.2, 0) is 0 Å². The molecular weight excluding hydrogens is 206 g/mol. The van der Waals surface area contributed by atoms with Crippen molar-refractivity contribution < 1.29 is 5.48 Å². The molecule has 0 bridgehead atoms. The number of hydrogen-bond acceptors (Lipinski definition) is 1. The van der Waals surface area contributed by atoms with Crippen LogP contribution in [0.4, 0.5) is 0 Å². The van der Waals surface area contributed by atoms with Gasteiger partial charge < -0.3 is 0 Å². The Morgan fingerprint density at radius 3 is 2.00 bits per heavy atom. The lowest BCUT2D eigenvalue weighted by atomic mass is 9.74. The largest absolute Gasteiger partial charge is 0.295 e. The summed E-state index contributed by atoms with van der Waals surface area (Å²) in [6.45, 7) is 14.4. The average Bonchev–Trinajstić information content (AvgIpc) is 2.66. The lowest BCUT2D eigenvalue weighted by Crippen LogP contribution is -2.57. The average molecular weight is 241 g/mol. The number of likely N-dealkylation sites (tertiary alicyclic amines) is 1. The van der Waals surface area contributed by atoms with Gasteiger partial charge >= 0.3 is 0 Å². The first-order valence-corrected chi connectivity index (χ1v) is 6.97. The molecule has 2 fully saturated rings. The summed E-state index contributed by atoms with van der Waals surface area (Å²) in [7, 11) is 0. The minimum atomic E-state index is -1.63. The molecule has 0 N–H and O–H groups in total. The van der Waals surface area contributed by atoms with Crippen LogP contribution in [0.3, 0.4) is 0 Å². The number of piperidine rings is 1. The van der Waals surface area contributed by atoms with Crippen LogP contribution in [0.15, 0.2) is 0 Å². The molecule has 1 heteroatoms. The number of rotatable bonds is 1. The van der Waals surface area contributed by atoms with Crippen molar-refractivity contribution >= 4 is 0 Å². The number of nitrogens with zero attached hydrogens (tertiary/aromatic N) is 1. The highest BCUT2D eigenvalue weighted by atomic mass is 15.2. The minimum Gasteiger partial charge on any atom is -0.295 e. The Bertz CT molecular complexity index is 391. The van der Waals surface area contributed by atoms with Crippen molar-refractivity contribution in [1.82, 2.24) is 4.90 Å². The normalized spacial score (nSPS) is 42.2. The zero-order valence-electron chi connectivity index (χ0n) is 16.3.